The van der Waals surface area contributed by atoms with Gasteiger partial charge in [0.1, 0.15) is 0 Å². The van der Waals surface area contributed by atoms with E-state index in [1.807, 2.05) is 4.90 Å². The van der Waals surface area contributed by atoms with Gasteiger partial charge in [-0.2, -0.15) is 0 Å². The zero-order valence-electron chi connectivity index (χ0n) is 16.5. The Morgan fingerprint density at radius 3 is 2.63 bits per heavy atom. The van der Waals surface area contributed by atoms with Crippen LogP contribution in [-0.4, -0.2) is 43.7 Å². The van der Waals surface area contributed by atoms with Crippen LogP contribution in [0.5, 0.6) is 0 Å². The van der Waals surface area contributed by atoms with Gasteiger partial charge in [-0.05, 0) is 87.2 Å². The number of fused-ring (bicyclic) bond motifs is 3. The Hall–Kier alpha value is -2.08. The molecule has 1 aromatic carbocycles. The van der Waals surface area contributed by atoms with Crippen LogP contribution in [0.4, 0.5) is 0 Å². The SMILES string of the molecule is Cc1cc2cc(C)c3nnc(SCC(=O)N4CCCC[C@H]4C)n3c2cc1C. The molecule has 1 saturated heterocycles. The molecule has 0 radical (unpaired) electrons. The Kier molecular flexibility index (Phi) is 4.84. The van der Waals surface area contributed by atoms with Crippen LogP contribution in [0.3, 0.4) is 0 Å². The van der Waals surface area contributed by atoms with Crippen molar-refractivity contribution in [1.82, 2.24) is 19.5 Å². The third-order valence-electron chi connectivity index (χ3n) is 5.69. The van der Waals surface area contributed by atoms with Crippen molar-refractivity contribution in [3.8, 4) is 0 Å². The summed E-state index contributed by atoms with van der Waals surface area (Å²) in [5.74, 6) is 0.610. The van der Waals surface area contributed by atoms with Crippen LogP contribution in [0.25, 0.3) is 16.6 Å². The molecule has 1 amide bonds. The van der Waals surface area contributed by atoms with Crippen molar-refractivity contribution < 1.29 is 4.79 Å². The first-order valence-electron chi connectivity index (χ1n) is 9.63. The van der Waals surface area contributed by atoms with Crippen LogP contribution in [0.15, 0.2) is 23.4 Å². The molecule has 0 aliphatic carbocycles. The van der Waals surface area contributed by atoms with Crippen molar-refractivity contribution in [2.24, 2.45) is 0 Å². The molecule has 1 fully saturated rings. The number of amides is 1. The van der Waals surface area contributed by atoms with E-state index in [1.54, 1.807) is 0 Å². The minimum Gasteiger partial charge on any atom is -0.339 e. The highest BCUT2D eigenvalue weighted by Gasteiger charge is 2.24. The molecule has 1 atom stereocenters. The Balaban J connectivity index is 1.68. The molecule has 0 spiro atoms. The normalized spacial score (nSPS) is 17.8. The maximum atomic E-state index is 12.7. The predicted octanol–water partition coefficient (Wildman–Crippen LogP) is 4.30. The third kappa shape index (κ3) is 3.31. The topological polar surface area (TPSA) is 50.5 Å². The van der Waals surface area contributed by atoms with Gasteiger partial charge < -0.3 is 4.90 Å². The van der Waals surface area contributed by atoms with E-state index < -0.39 is 0 Å². The van der Waals surface area contributed by atoms with E-state index in [1.165, 1.54) is 34.7 Å². The molecule has 142 valence electrons. The number of nitrogens with zero attached hydrogens (tertiary/aromatic N) is 4. The van der Waals surface area contributed by atoms with Gasteiger partial charge >= 0.3 is 0 Å². The summed E-state index contributed by atoms with van der Waals surface area (Å²) in [5, 5.41) is 10.8. The van der Waals surface area contributed by atoms with Crippen LogP contribution in [0.2, 0.25) is 0 Å². The number of aryl methyl sites for hydroxylation is 3. The van der Waals surface area contributed by atoms with Crippen molar-refractivity contribution in [2.45, 2.75) is 58.2 Å². The van der Waals surface area contributed by atoms with Gasteiger partial charge in [-0.3, -0.25) is 9.20 Å². The average molecular weight is 383 g/mol. The molecule has 0 saturated carbocycles. The lowest BCUT2D eigenvalue weighted by Crippen LogP contribution is -2.42. The fourth-order valence-electron chi connectivity index (χ4n) is 3.94. The summed E-state index contributed by atoms with van der Waals surface area (Å²) < 4.78 is 2.11. The van der Waals surface area contributed by atoms with E-state index in [0.717, 1.165) is 41.3 Å². The number of aromatic nitrogens is 3. The highest BCUT2D eigenvalue weighted by atomic mass is 32.2. The van der Waals surface area contributed by atoms with Gasteiger partial charge in [-0.1, -0.05) is 11.8 Å². The molecule has 3 aromatic rings. The van der Waals surface area contributed by atoms with Crippen LogP contribution in [-0.2, 0) is 4.79 Å². The van der Waals surface area contributed by atoms with Crippen molar-refractivity contribution in [3.05, 3.63) is 34.9 Å². The first-order chi connectivity index (χ1) is 13.0. The number of benzene rings is 1. The van der Waals surface area contributed by atoms with Crippen molar-refractivity contribution in [3.63, 3.8) is 0 Å². The summed E-state index contributed by atoms with van der Waals surface area (Å²) in [5.41, 5.74) is 5.59. The molecular formula is C21H26N4OS. The predicted molar refractivity (Wildman–Crippen MR) is 110 cm³/mol. The number of likely N-dealkylation sites (tertiary alicyclic amines) is 1. The molecule has 1 aliphatic heterocycles. The average Bonchev–Trinajstić information content (AvgIpc) is 3.07. The van der Waals surface area contributed by atoms with Crippen molar-refractivity contribution in [2.75, 3.05) is 12.3 Å². The molecule has 3 heterocycles. The molecular weight excluding hydrogens is 356 g/mol. The lowest BCUT2D eigenvalue weighted by atomic mass is 10.0. The molecule has 4 rings (SSSR count). The largest absolute Gasteiger partial charge is 0.339 e. The molecule has 0 bridgehead atoms. The Morgan fingerprint density at radius 1 is 1.11 bits per heavy atom. The van der Waals surface area contributed by atoms with E-state index in [0.29, 0.717) is 11.8 Å². The van der Waals surface area contributed by atoms with Gasteiger partial charge in [0.15, 0.2) is 10.8 Å². The molecule has 6 heteroatoms. The Morgan fingerprint density at radius 2 is 1.85 bits per heavy atom. The lowest BCUT2D eigenvalue weighted by Gasteiger charge is -2.33. The quantitative estimate of drug-likeness (QED) is 0.634. The number of carbonyl (C=O) groups excluding carboxylic acids is 1. The van der Waals surface area contributed by atoms with Crippen molar-refractivity contribution in [1.29, 1.82) is 0 Å². The summed E-state index contributed by atoms with van der Waals surface area (Å²) >= 11 is 1.49. The first kappa shape index (κ1) is 18.3. The van der Waals surface area contributed by atoms with E-state index in [9.17, 15) is 4.79 Å². The zero-order valence-corrected chi connectivity index (χ0v) is 17.3. The number of carbonyl (C=O) groups is 1. The fraction of sp³-hybridized carbons (Fsp3) is 0.476. The van der Waals surface area contributed by atoms with Crippen LogP contribution < -0.4 is 0 Å². The zero-order chi connectivity index (χ0) is 19.1. The van der Waals surface area contributed by atoms with E-state index >= 15 is 0 Å². The van der Waals surface area contributed by atoms with Gasteiger partial charge in [0, 0.05) is 12.6 Å². The summed E-state index contributed by atoms with van der Waals surface area (Å²) in [6.45, 7) is 9.35. The molecule has 27 heavy (non-hydrogen) atoms. The monoisotopic (exact) mass is 382 g/mol. The molecule has 0 N–H and O–H groups in total. The number of hydrogen-bond acceptors (Lipinski definition) is 4. The van der Waals surface area contributed by atoms with Crippen LogP contribution in [0, 0.1) is 20.8 Å². The highest BCUT2D eigenvalue weighted by molar-refractivity contribution is 7.99. The van der Waals surface area contributed by atoms with Gasteiger partial charge in [0.05, 0.1) is 11.3 Å². The summed E-state index contributed by atoms with van der Waals surface area (Å²) in [7, 11) is 0. The maximum absolute atomic E-state index is 12.7. The summed E-state index contributed by atoms with van der Waals surface area (Å²) in [6, 6.07) is 6.92. The van der Waals surface area contributed by atoms with E-state index in [-0.39, 0.29) is 5.91 Å². The molecule has 5 nitrogen and oxygen atoms in total. The van der Waals surface area contributed by atoms with E-state index in [4.69, 9.17) is 0 Å². The van der Waals surface area contributed by atoms with Gasteiger partial charge in [-0.15, -0.1) is 10.2 Å². The number of hydrogen-bond donors (Lipinski definition) is 0. The summed E-state index contributed by atoms with van der Waals surface area (Å²) in [6.07, 6.45) is 3.43. The maximum Gasteiger partial charge on any atom is 0.233 e. The number of pyridine rings is 1. The second-order valence-corrected chi connectivity index (χ2v) is 8.63. The number of rotatable bonds is 3. The first-order valence-corrected chi connectivity index (χ1v) is 10.6. The number of thioether (sulfide) groups is 1. The minimum absolute atomic E-state index is 0.202. The van der Waals surface area contributed by atoms with Crippen molar-refractivity contribution >= 4 is 34.2 Å². The molecule has 0 unspecified atom stereocenters. The molecule has 2 aromatic heterocycles. The fourth-order valence-corrected chi connectivity index (χ4v) is 4.77. The summed E-state index contributed by atoms with van der Waals surface area (Å²) in [4.78, 5) is 14.7. The second-order valence-electron chi connectivity index (χ2n) is 7.68. The standard InChI is InChI=1S/C21H26N4OS/c1-13-9-17-10-15(3)20-22-23-21(25(20)18(17)11-14(13)2)27-12-19(26)24-8-6-5-7-16(24)4/h9-11,16H,5-8,12H2,1-4H3/t16-/m1/s1. The molecule has 1 aliphatic rings. The van der Waals surface area contributed by atoms with Crippen LogP contribution >= 0.6 is 11.8 Å². The second kappa shape index (κ2) is 7.15. The lowest BCUT2D eigenvalue weighted by molar-refractivity contribution is -0.131. The Bertz CT molecular complexity index is 1030. The highest BCUT2D eigenvalue weighted by Crippen LogP contribution is 2.28. The minimum atomic E-state index is 0.202. The van der Waals surface area contributed by atoms with Gasteiger partial charge in [0.25, 0.3) is 0 Å². The van der Waals surface area contributed by atoms with E-state index in [2.05, 4.69) is 60.5 Å². The third-order valence-corrected chi connectivity index (χ3v) is 6.60. The number of piperidine rings is 1. The van der Waals surface area contributed by atoms with Gasteiger partial charge in [0.2, 0.25) is 5.91 Å². The van der Waals surface area contributed by atoms with Crippen LogP contribution in [0.1, 0.15) is 42.9 Å². The van der Waals surface area contributed by atoms with Gasteiger partial charge in [-0.25, -0.2) is 0 Å². The Labute approximate surface area is 164 Å². The smallest absolute Gasteiger partial charge is 0.233 e.